The highest BCUT2D eigenvalue weighted by Gasteiger charge is 2.28. The number of benzene rings is 2. The number of aryl methyl sites for hydroxylation is 1. The van der Waals surface area contributed by atoms with Crippen LogP contribution in [0, 0.1) is 6.92 Å². The van der Waals surface area contributed by atoms with E-state index in [4.69, 9.17) is 0 Å². The van der Waals surface area contributed by atoms with E-state index in [-0.39, 0.29) is 0 Å². The Hall–Kier alpha value is -2.45. The molecule has 4 nitrogen and oxygen atoms in total. The van der Waals surface area contributed by atoms with Crippen LogP contribution in [0.4, 0.5) is 5.95 Å². The molecule has 3 rings (SSSR count). The van der Waals surface area contributed by atoms with E-state index in [1.807, 2.05) is 67.6 Å². The predicted octanol–water partition coefficient (Wildman–Crippen LogP) is 3.13. The summed E-state index contributed by atoms with van der Waals surface area (Å²) >= 11 is 0. The van der Waals surface area contributed by atoms with Crippen LogP contribution in [0.1, 0.15) is 5.69 Å². The molecule has 1 N–H and O–H groups in total. The highest BCUT2D eigenvalue weighted by Crippen LogP contribution is 2.42. The molecule has 2 aromatic carbocycles. The minimum absolute atomic E-state index is 0.371. The fraction of sp³-hybridized carbons (Fsp3) is 0.0588. The number of hydrogen-bond acceptors (Lipinski definition) is 3. The number of rotatable bonds is 4. The zero-order chi connectivity index (χ0) is 15.4. The van der Waals surface area contributed by atoms with Crippen LogP contribution >= 0.6 is 7.29 Å². The molecule has 0 radical (unpaired) electrons. The van der Waals surface area contributed by atoms with Crippen LogP contribution in [-0.4, -0.2) is 9.97 Å². The van der Waals surface area contributed by atoms with E-state index in [1.54, 1.807) is 12.3 Å². The summed E-state index contributed by atoms with van der Waals surface area (Å²) in [5.74, 6) is 0.371. The fourth-order valence-corrected chi connectivity index (χ4v) is 4.33. The monoisotopic (exact) mass is 309 g/mol. The number of nitrogens with one attached hydrogen (secondary N) is 1. The molecule has 0 aliphatic heterocycles. The third kappa shape index (κ3) is 2.92. The van der Waals surface area contributed by atoms with Gasteiger partial charge in [0.2, 0.25) is 13.2 Å². The Morgan fingerprint density at radius 1 is 0.864 bits per heavy atom. The Labute approximate surface area is 129 Å². The van der Waals surface area contributed by atoms with Crippen molar-refractivity contribution in [3.8, 4) is 0 Å². The molecule has 0 aliphatic rings. The van der Waals surface area contributed by atoms with Crippen molar-refractivity contribution in [3.05, 3.63) is 78.6 Å². The molecule has 110 valence electrons. The molecule has 3 aromatic rings. The summed E-state index contributed by atoms with van der Waals surface area (Å²) in [5.41, 5.74) is 0.824. The third-order valence-corrected chi connectivity index (χ3v) is 5.86. The first-order chi connectivity index (χ1) is 10.7. The summed E-state index contributed by atoms with van der Waals surface area (Å²) in [6.45, 7) is 1.88. The number of aromatic nitrogens is 2. The standard InChI is InChI=1S/C17H16N3OP/c1-14-12-13-18-17(19-14)20-22(21,15-8-4-2-5-9-15)16-10-6-3-7-11-16/h2-13H,1H3,(H,18,19,20,21). The normalized spacial score (nSPS) is 11.1. The molecule has 5 heteroatoms. The van der Waals surface area contributed by atoms with E-state index in [0.29, 0.717) is 5.95 Å². The van der Waals surface area contributed by atoms with E-state index in [9.17, 15) is 4.57 Å². The third-order valence-electron chi connectivity index (χ3n) is 3.29. The maximum Gasteiger partial charge on any atom is 0.229 e. The van der Waals surface area contributed by atoms with Crippen LogP contribution in [0.5, 0.6) is 0 Å². The topological polar surface area (TPSA) is 54.9 Å². The van der Waals surface area contributed by atoms with Gasteiger partial charge in [-0.3, -0.25) is 9.65 Å². The number of hydrogen-bond donors (Lipinski definition) is 1. The van der Waals surface area contributed by atoms with Crippen LogP contribution in [0.25, 0.3) is 0 Å². The van der Waals surface area contributed by atoms with Crippen molar-refractivity contribution in [2.24, 2.45) is 0 Å². The molecule has 0 bridgehead atoms. The van der Waals surface area contributed by atoms with Gasteiger partial charge in [0.15, 0.2) is 0 Å². The van der Waals surface area contributed by atoms with E-state index in [0.717, 1.165) is 16.3 Å². The summed E-state index contributed by atoms with van der Waals surface area (Å²) in [4.78, 5) is 8.50. The molecule has 0 unspecified atom stereocenters. The molecular formula is C17H16N3OP. The summed E-state index contributed by atoms with van der Waals surface area (Å²) in [6, 6.07) is 20.6. The minimum atomic E-state index is -3.04. The molecule has 0 saturated carbocycles. The van der Waals surface area contributed by atoms with Crippen molar-refractivity contribution in [3.63, 3.8) is 0 Å². The highest BCUT2D eigenvalue weighted by molar-refractivity contribution is 7.80. The van der Waals surface area contributed by atoms with Gasteiger partial charge in [-0.2, -0.15) is 0 Å². The van der Waals surface area contributed by atoms with Crippen molar-refractivity contribution in [2.75, 3.05) is 5.09 Å². The summed E-state index contributed by atoms with van der Waals surface area (Å²) < 4.78 is 13.7. The van der Waals surface area contributed by atoms with Gasteiger partial charge >= 0.3 is 0 Å². The maximum absolute atomic E-state index is 13.7. The van der Waals surface area contributed by atoms with Crippen molar-refractivity contribution in [1.29, 1.82) is 0 Å². The van der Waals surface area contributed by atoms with E-state index < -0.39 is 7.29 Å². The Balaban J connectivity index is 2.10. The molecule has 0 atom stereocenters. The van der Waals surface area contributed by atoms with Gasteiger partial charge in [0.05, 0.1) is 0 Å². The quantitative estimate of drug-likeness (QED) is 0.752. The van der Waals surface area contributed by atoms with Crippen LogP contribution in [-0.2, 0) is 4.57 Å². The Morgan fingerprint density at radius 3 is 1.91 bits per heavy atom. The van der Waals surface area contributed by atoms with Gasteiger partial charge in [-0.05, 0) is 37.3 Å². The molecule has 0 saturated heterocycles. The molecule has 1 aromatic heterocycles. The summed E-state index contributed by atoms with van der Waals surface area (Å²) in [7, 11) is -3.04. The lowest BCUT2D eigenvalue weighted by Crippen LogP contribution is -2.22. The van der Waals surface area contributed by atoms with Crippen molar-refractivity contribution >= 4 is 23.9 Å². The minimum Gasteiger partial charge on any atom is -0.298 e. The second-order valence-electron chi connectivity index (χ2n) is 4.91. The van der Waals surface area contributed by atoms with Crippen LogP contribution < -0.4 is 15.7 Å². The number of anilines is 1. The zero-order valence-corrected chi connectivity index (χ0v) is 13.1. The van der Waals surface area contributed by atoms with E-state index >= 15 is 0 Å². The first-order valence-corrected chi connectivity index (χ1v) is 8.68. The lowest BCUT2D eigenvalue weighted by atomic mass is 10.4. The Kier molecular flexibility index (Phi) is 4.03. The largest absolute Gasteiger partial charge is 0.298 e. The highest BCUT2D eigenvalue weighted by atomic mass is 31.2. The van der Waals surface area contributed by atoms with Crippen LogP contribution in [0.15, 0.2) is 72.9 Å². The second-order valence-corrected chi connectivity index (χ2v) is 7.39. The summed E-state index contributed by atoms with van der Waals surface area (Å²) in [5, 5.41) is 4.52. The SMILES string of the molecule is Cc1ccnc(NP(=O)(c2ccccc2)c2ccccc2)n1. The first kappa shape index (κ1) is 14.5. The Bertz CT molecular complexity index is 763. The predicted molar refractivity (Wildman–Crippen MR) is 90.2 cm³/mol. The second kappa shape index (κ2) is 6.12. The molecule has 22 heavy (non-hydrogen) atoms. The lowest BCUT2D eigenvalue weighted by molar-refractivity contribution is 0.590. The maximum atomic E-state index is 13.7. The molecule has 0 fully saturated rings. The molecule has 0 spiro atoms. The van der Waals surface area contributed by atoms with Gasteiger partial charge in [0, 0.05) is 22.5 Å². The average Bonchev–Trinajstić information content (AvgIpc) is 2.56. The van der Waals surface area contributed by atoms with Gasteiger partial charge in [-0.15, -0.1) is 0 Å². The molecule has 1 heterocycles. The van der Waals surface area contributed by atoms with Gasteiger partial charge in [-0.25, -0.2) is 9.97 Å². The van der Waals surface area contributed by atoms with Crippen molar-refractivity contribution in [2.45, 2.75) is 6.92 Å². The van der Waals surface area contributed by atoms with Gasteiger partial charge in [-0.1, -0.05) is 36.4 Å². The zero-order valence-electron chi connectivity index (χ0n) is 12.2. The number of nitrogens with zero attached hydrogens (tertiary/aromatic N) is 2. The van der Waals surface area contributed by atoms with Crippen LogP contribution in [0.3, 0.4) is 0 Å². The lowest BCUT2D eigenvalue weighted by Gasteiger charge is -2.20. The van der Waals surface area contributed by atoms with E-state index in [1.165, 1.54) is 0 Å². The van der Waals surface area contributed by atoms with Gasteiger partial charge in [0.25, 0.3) is 0 Å². The van der Waals surface area contributed by atoms with E-state index in [2.05, 4.69) is 15.1 Å². The Morgan fingerprint density at radius 2 is 1.41 bits per heavy atom. The van der Waals surface area contributed by atoms with Crippen molar-refractivity contribution < 1.29 is 4.57 Å². The summed E-state index contributed by atoms with van der Waals surface area (Å²) in [6.07, 6.45) is 1.66. The van der Waals surface area contributed by atoms with Gasteiger partial charge in [0.1, 0.15) is 0 Å². The van der Waals surface area contributed by atoms with Gasteiger partial charge < -0.3 is 0 Å². The molecular weight excluding hydrogens is 293 g/mol. The molecule has 0 aliphatic carbocycles. The van der Waals surface area contributed by atoms with Crippen LogP contribution in [0.2, 0.25) is 0 Å². The van der Waals surface area contributed by atoms with Crippen molar-refractivity contribution in [1.82, 2.24) is 9.97 Å². The first-order valence-electron chi connectivity index (χ1n) is 6.98. The fourth-order valence-electron chi connectivity index (χ4n) is 2.20. The molecule has 0 amide bonds. The average molecular weight is 309 g/mol. The smallest absolute Gasteiger partial charge is 0.229 e.